The third-order valence-electron chi connectivity index (χ3n) is 1.71. The number of halogens is 4. The quantitative estimate of drug-likeness (QED) is 0.358. The van der Waals surface area contributed by atoms with Gasteiger partial charge in [0.15, 0.2) is 5.84 Å². The monoisotopic (exact) mass is 281 g/mol. The molecule has 0 saturated carbocycles. The lowest BCUT2D eigenvalue weighted by molar-refractivity contribution is -0.137. The Morgan fingerprint density at radius 2 is 1.93 bits per heavy atom. The van der Waals surface area contributed by atoms with Crippen LogP contribution in [0.15, 0.2) is 27.8 Å². The lowest BCUT2D eigenvalue weighted by atomic mass is 10.1. The first kappa shape index (κ1) is 11.8. The van der Waals surface area contributed by atoms with Gasteiger partial charge in [0.25, 0.3) is 0 Å². The number of nitrogens with zero attached hydrogens (tertiary/aromatic N) is 1. The Morgan fingerprint density at radius 1 is 1.33 bits per heavy atom. The minimum atomic E-state index is -4.41. The van der Waals surface area contributed by atoms with Crippen molar-refractivity contribution < 1.29 is 13.2 Å². The molecule has 0 unspecified atom stereocenters. The van der Waals surface area contributed by atoms with E-state index in [1.54, 1.807) is 0 Å². The van der Waals surface area contributed by atoms with Gasteiger partial charge in [-0.2, -0.15) is 18.3 Å². The molecule has 0 aliphatic rings. The zero-order chi connectivity index (χ0) is 11.6. The van der Waals surface area contributed by atoms with Gasteiger partial charge in [-0.05, 0) is 18.2 Å². The van der Waals surface area contributed by atoms with Crippen molar-refractivity contribution in [1.82, 2.24) is 0 Å². The van der Waals surface area contributed by atoms with E-state index in [4.69, 9.17) is 11.6 Å². The molecule has 4 N–H and O–H groups in total. The summed E-state index contributed by atoms with van der Waals surface area (Å²) in [4.78, 5) is 0. The Labute approximate surface area is 92.1 Å². The van der Waals surface area contributed by atoms with Crippen LogP contribution in [-0.2, 0) is 6.18 Å². The molecule has 3 nitrogen and oxygen atoms in total. The van der Waals surface area contributed by atoms with Gasteiger partial charge in [-0.15, -0.1) is 0 Å². The Bertz CT molecular complexity index is 401. The lowest BCUT2D eigenvalue weighted by Crippen LogP contribution is -2.17. The van der Waals surface area contributed by atoms with Gasteiger partial charge in [-0.1, -0.05) is 15.9 Å². The first-order chi connectivity index (χ1) is 6.86. The average Bonchev–Trinajstić information content (AvgIpc) is 2.15. The minimum absolute atomic E-state index is 0.118. The molecule has 1 aromatic carbocycles. The van der Waals surface area contributed by atoms with Crippen molar-refractivity contribution in [1.29, 1.82) is 0 Å². The summed E-state index contributed by atoms with van der Waals surface area (Å²) in [5.41, 5.74) is 4.65. The maximum Gasteiger partial charge on any atom is 0.416 e. The van der Waals surface area contributed by atoms with Crippen molar-refractivity contribution in [3.63, 3.8) is 0 Å². The molecule has 0 atom stereocenters. The molecule has 7 heteroatoms. The second-order valence-electron chi connectivity index (χ2n) is 2.71. The van der Waals surface area contributed by atoms with E-state index < -0.39 is 11.7 Å². The van der Waals surface area contributed by atoms with Gasteiger partial charge in [0.05, 0.1) is 5.56 Å². The topological polar surface area (TPSA) is 64.4 Å². The van der Waals surface area contributed by atoms with Gasteiger partial charge in [0, 0.05) is 10.0 Å². The number of amidine groups is 1. The predicted octanol–water partition coefficient (Wildman–Crippen LogP) is 2.05. The first-order valence-corrected chi connectivity index (χ1v) is 4.56. The summed E-state index contributed by atoms with van der Waals surface area (Å²) in [6.45, 7) is 0. The van der Waals surface area contributed by atoms with Crippen LogP contribution in [0.5, 0.6) is 0 Å². The summed E-state index contributed by atoms with van der Waals surface area (Å²) in [5, 5.41) is 3.14. The number of rotatable bonds is 1. The van der Waals surface area contributed by atoms with Crippen LogP contribution in [0.25, 0.3) is 0 Å². The molecule has 0 amide bonds. The predicted molar refractivity (Wildman–Crippen MR) is 54.1 cm³/mol. The van der Waals surface area contributed by atoms with Gasteiger partial charge in [0.1, 0.15) is 0 Å². The third kappa shape index (κ3) is 2.62. The first-order valence-electron chi connectivity index (χ1n) is 3.76. The van der Waals surface area contributed by atoms with Crippen LogP contribution in [-0.4, -0.2) is 5.84 Å². The van der Waals surface area contributed by atoms with E-state index in [0.29, 0.717) is 4.47 Å². The summed E-state index contributed by atoms with van der Waals surface area (Å²) in [6, 6.07) is 3.07. The summed E-state index contributed by atoms with van der Waals surface area (Å²) in [5.74, 6) is 4.73. The Hall–Kier alpha value is -1.24. The van der Waals surface area contributed by atoms with Crippen molar-refractivity contribution >= 4 is 21.8 Å². The van der Waals surface area contributed by atoms with Crippen molar-refractivity contribution in [2.45, 2.75) is 6.18 Å². The number of benzene rings is 1. The zero-order valence-corrected chi connectivity index (χ0v) is 8.93. The molecule has 0 bridgehead atoms. The van der Waals surface area contributed by atoms with Crippen molar-refractivity contribution in [3.05, 3.63) is 33.8 Å². The van der Waals surface area contributed by atoms with Crippen LogP contribution in [0, 0.1) is 0 Å². The van der Waals surface area contributed by atoms with Gasteiger partial charge in [0.2, 0.25) is 0 Å². The molecule has 0 aromatic heterocycles. The highest BCUT2D eigenvalue weighted by molar-refractivity contribution is 9.10. The summed E-state index contributed by atoms with van der Waals surface area (Å²) in [7, 11) is 0. The SMILES string of the molecule is N/N=C(/N)c1cc(C(F)(F)F)ccc1Br. The second-order valence-corrected chi connectivity index (χ2v) is 3.56. The molecule has 0 fully saturated rings. The maximum atomic E-state index is 12.3. The van der Waals surface area contributed by atoms with Crippen molar-refractivity contribution in [2.24, 2.45) is 16.7 Å². The number of hydrazone groups is 1. The fraction of sp³-hybridized carbons (Fsp3) is 0.125. The van der Waals surface area contributed by atoms with Crippen LogP contribution in [0.3, 0.4) is 0 Å². The van der Waals surface area contributed by atoms with Crippen LogP contribution in [0.1, 0.15) is 11.1 Å². The van der Waals surface area contributed by atoms with Crippen LogP contribution >= 0.6 is 15.9 Å². The molecular weight excluding hydrogens is 275 g/mol. The molecule has 82 valence electrons. The average molecular weight is 282 g/mol. The van der Waals surface area contributed by atoms with Gasteiger partial charge >= 0.3 is 6.18 Å². The molecule has 0 saturated heterocycles. The van der Waals surface area contributed by atoms with E-state index in [0.717, 1.165) is 12.1 Å². The minimum Gasteiger partial charge on any atom is -0.382 e. The van der Waals surface area contributed by atoms with E-state index in [2.05, 4.69) is 21.0 Å². The van der Waals surface area contributed by atoms with Gasteiger partial charge in [-0.3, -0.25) is 0 Å². The fourth-order valence-corrected chi connectivity index (χ4v) is 1.42. The van der Waals surface area contributed by atoms with E-state index in [1.165, 1.54) is 6.07 Å². The van der Waals surface area contributed by atoms with Gasteiger partial charge < -0.3 is 11.6 Å². The van der Waals surface area contributed by atoms with E-state index >= 15 is 0 Å². The second kappa shape index (κ2) is 4.09. The number of hydrogen-bond acceptors (Lipinski definition) is 2. The Kier molecular flexibility index (Phi) is 3.23. The van der Waals surface area contributed by atoms with Crippen molar-refractivity contribution in [3.8, 4) is 0 Å². The molecule has 0 heterocycles. The summed E-state index contributed by atoms with van der Waals surface area (Å²) >= 11 is 3.05. The lowest BCUT2D eigenvalue weighted by Gasteiger charge is -2.09. The highest BCUT2D eigenvalue weighted by Crippen LogP contribution is 2.31. The number of nitrogens with two attached hydrogens (primary N) is 2. The van der Waals surface area contributed by atoms with E-state index in [9.17, 15) is 13.2 Å². The molecule has 1 rings (SSSR count). The standard InChI is InChI=1S/C8H7BrF3N3/c9-6-2-1-4(8(10,11)12)3-5(6)7(13)15-14/h1-3H,14H2,(H2,13,15). The van der Waals surface area contributed by atoms with E-state index in [1.807, 2.05) is 0 Å². The van der Waals surface area contributed by atoms with Crippen LogP contribution in [0.2, 0.25) is 0 Å². The Balaban J connectivity index is 3.29. The Morgan fingerprint density at radius 3 is 2.40 bits per heavy atom. The summed E-state index contributed by atoms with van der Waals surface area (Å²) in [6.07, 6.45) is -4.41. The molecule has 0 aliphatic carbocycles. The normalized spacial score (nSPS) is 12.9. The van der Waals surface area contributed by atoms with E-state index in [-0.39, 0.29) is 11.4 Å². The van der Waals surface area contributed by atoms with Gasteiger partial charge in [-0.25, -0.2) is 0 Å². The van der Waals surface area contributed by atoms with Crippen LogP contribution < -0.4 is 11.6 Å². The highest BCUT2D eigenvalue weighted by atomic mass is 79.9. The number of alkyl halides is 3. The molecule has 1 aromatic rings. The third-order valence-corrected chi connectivity index (χ3v) is 2.40. The van der Waals surface area contributed by atoms with Crippen molar-refractivity contribution in [2.75, 3.05) is 0 Å². The molecule has 0 aliphatic heterocycles. The largest absolute Gasteiger partial charge is 0.416 e. The molecule has 0 spiro atoms. The molecule has 0 radical (unpaired) electrons. The smallest absolute Gasteiger partial charge is 0.382 e. The zero-order valence-electron chi connectivity index (χ0n) is 7.35. The molecule has 15 heavy (non-hydrogen) atoms. The maximum absolute atomic E-state index is 12.3. The molecular formula is C8H7BrF3N3. The van der Waals surface area contributed by atoms with Crippen LogP contribution in [0.4, 0.5) is 13.2 Å². The highest BCUT2D eigenvalue weighted by Gasteiger charge is 2.31. The summed E-state index contributed by atoms with van der Waals surface area (Å²) < 4.78 is 37.4. The number of hydrogen-bond donors (Lipinski definition) is 2. The fourth-order valence-electron chi connectivity index (χ4n) is 0.967.